The van der Waals surface area contributed by atoms with Gasteiger partial charge in [-0.25, -0.2) is 9.59 Å². The van der Waals surface area contributed by atoms with Gasteiger partial charge in [0.1, 0.15) is 0 Å². The number of carbonyl (C=O) groups is 2. The fourth-order valence-electron chi connectivity index (χ4n) is 3.13. The lowest BCUT2D eigenvalue weighted by molar-refractivity contribution is -0.139. The molecule has 0 radical (unpaired) electrons. The summed E-state index contributed by atoms with van der Waals surface area (Å²) in [5.41, 5.74) is 4.55. The summed E-state index contributed by atoms with van der Waals surface area (Å²) in [6.45, 7) is 10.4. The Labute approximate surface area is 186 Å². The Morgan fingerprint density at radius 3 is 1.87 bits per heavy atom. The minimum Gasteiger partial charge on any atom is -0.462 e. The molecule has 0 aromatic heterocycles. The highest BCUT2D eigenvalue weighted by Gasteiger charge is 2.08. The molecule has 31 heavy (non-hydrogen) atoms. The van der Waals surface area contributed by atoms with Crippen LogP contribution < -0.4 is 0 Å². The summed E-state index contributed by atoms with van der Waals surface area (Å²) in [5, 5.41) is 0. The molecule has 0 aliphatic heterocycles. The summed E-state index contributed by atoms with van der Waals surface area (Å²) in [5.74, 6) is -0.0811. The van der Waals surface area contributed by atoms with E-state index >= 15 is 0 Å². The summed E-state index contributed by atoms with van der Waals surface area (Å²) in [6, 6.07) is 16.2. The van der Waals surface area contributed by atoms with E-state index in [0.29, 0.717) is 30.3 Å². The fourth-order valence-corrected chi connectivity index (χ4v) is 3.13. The molecule has 2 rings (SSSR count). The predicted octanol–water partition coefficient (Wildman–Crippen LogP) is 6.70. The number of carbonyl (C=O) groups excluding carboxylic acids is 2. The van der Waals surface area contributed by atoms with E-state index in [-0.39, 0.29) is 11.9 Å². The van der Waals surface area contributed by atoms with Gasteiger partial charge in [0.25, 0.3) is 0 Å². The maximum Gasteiger partial charge on any atom is 0.338 e. The van der Waals surface area contributed by atoms with E-state index in [9.17, 15) is 9.59 Å². The summed E-state index contributed by atoms with van der Waals surface area (Å²) in [6.07, 6.45) is 4.56. The molecule has 0 aliphatic rings. The molecule has 1 unspecified atom stereocenters. The second-order valence-corrected chi connectivity index (χ2v) is 7.98. The molecule has 0 saturated carbocycles. The third-order valence-corrected chi connectivity index (χ3v) is 5.40. The van der Waals surface area contributed by atoms with Crippen molar-refractivity contribution in [2.45, 2.75) is 58.8 Å². The van der Waals surface area contributed by atoms with Gasteiger partial charge in [-0.3, -0.25) is 0 Å². The number of benzene rings is 2. The molecular formula is C27H34O4. The highest BCUT2D eigenvalue weighted by atomic mass is 16.5. The summed E-state index contributed by atoms with van der Waals surface area (Å²) in [4.78, 5) is 23.5. The molecule has 0 bridgehead atoms. The molecule has 0 heterocycles. The normalized spacial score (nSPS) is 11.6. The largest absolute Gasteiger partial charge is 0.462 e. The highest BCUT2D eigenvalue weighted by Crippen LogP contribution is 2.24. The molecule has 0 saturated heterocycles. The Morgan fingerprint density at radius 1 is 0.839 bits per heavy atom. The zero-order valence-electron chi connectivity index (χ0n) is 19.0. The molecule has 0 fully saturated rings. The van der Waals surface area contributed by atoms with Crippen molar-refractivity contribution in [1.82, 2.24) is 0 Å². The lowest BCUT2D eigenvalue weighted by Crippen LogP contribution is -2.07. The zero-order chi connectivity index (χ0) is 22.6. The summed E-state index contributed by atoms with van der Waals surface area (Å²) in [7, 11) is 0. The third kappa shape index (κ3) is 8.05. The average Bonchev–Trinajstić information content (AvgIpc) is 2.80. The smallest absolute Gasteiger partial charge is 0.338 e. The fraction of sp³-hybridized carbons (Fsp3) is 0.407. The number of hydrogen-bond donors (Lipinski definition) is 0. The molecule has 4 heteroatoms. The maximum absolute atomic E-state index is 12.2. The van der Waals surface area contributed by atoms with E-state index < -0.39 is 0 Å². The van der Waals surface area contributed by atoms with Crippen LogP contribution >= 0.6 is 0 Å². The van der Waals surface area contributed by atoms with E-state index in [0.717, 1.165) is 43.2 Å². The van der Waals surface area contributed by atoms with Crippen LogP contribution in [-0.4, -0.2) is 25.2 Å². The second kappa shape index (κ2) is 12.7. The molecule has 166 valence electrons. The van der Waals surface area contributed by atoms with Crippen molar-refractivity contribution in [2.24, 2.45) is 0 Å². The average molecular weight is 423 g/mol. The van der Waals surface area contributed by atoms with E-state index in [1.165, 1.54) is 5.56 Å². The molecular weight excluding hydrogens is 388 g/mol. The van der Waals surface area contributed by atoms with Crippen molar-refractivity contribution in [1.29, 1.82) is 0 Å². The van der Waals surface area contributed by atoms with E-state index in [1.54, 1.807) is 6.92 Å². The number of rotatable bonds is 12. The van der Waals surface area contributed by atoms with Crippen molar-refractivity contribution in [3.8, 4) is 11.1 Å². The van der Waals surface area contributed by atoms with Gasteiger partial charge < -0.3 is 9.47 Å². The summed E-state index contributed by atoms with van der Waals surface area (Å²) >= 11 is 0. The van der Waals surface area contributed by atoms with Gasteiger partial charge in [-0.2, -0.15) is 0 Å². The Balaban J connectivity index is 1.70. The van der Waals surface area contributed by atoms with Crippen LogP contribution in [0, 0.1) is 0 Å². The number of unbranched alkanes of at least 4 members (excludes halogenated alkanes) is 3. The van der Waals surface area contributed by atoms with Crippen molar-refractivity contribution < 1.29 is 19.1 Å². The quantitative estimate of drug-likeness (QED) is 0.217. The molecule has 1 atom stereocenters. The SMILES string of the molecule is C=C(C)C(=O)OCCCCCCOC(=O)c1ccc(-c2ccc(C(C)CC)cc2)cc1. The molecule has 0 N–H and O–H groups in total. The Hall–Kier alpha value is -2.88. The van der Waals surface area contributed by atoms with Gasteiger partial charge >= 0.3 is 11.9 Å². The van der Waals surface area contributed by atoms with Gasteiger partial charge in [0.15, 0.2) is 0 Å². The first kappa shape index (κ1) is 24.4. The Bertz CT molecular complexity index is 850. The Kier molecular flexibility index (Phi) is 10.0. The van der Waals surface area contributed by atoms with Gasteiger partial charge in [0, 0.05) is 5.57 Å². The second-order valence-electron chi connectivity index (χ2n) is 7.98. The van der Waals surface area contributed by atoms with Crippen molar-refractivity contribution in [3.05, 3.63) is 71.8 Å². The minimum atomic E-state index is -0.344. The summed E-state index contributed by atoms with van der Waals surface area (Å²) < 4.78 is 10.4. The van der Waals surface area contributed by atoms with Crippen LogP contribution in [0.1, 0.15) is 74.7 Å². The van der Waals surface area contributed by atoms with Gasteiger partial charge in [-0.1, -0.05) is 56.8 Å². The van der Waals surface area contributed by atoms with Crippen LogP contribution in [0.25, 0.3) is 11.1 Å². The number of ether oxygens (including phenoxy) is 2. The van der Waals surface area contributed by atoms with Crippen LogP contribution in [-0.2, 0) is 14.3 Å². The van der Waals surface area contributed by atoms with Crippen LogP contribution in [0.15, 0.2) is 60.7 Å². The topological polar surface area (TPSA) is 52.6 Å². The van der Waals surface area contributed by atoms with Crippen LogP contribution in [0.5, 0.6) is 0 Å². The Morgan fingerprint density at radius 2 is 1.35 bits per heavy atom. The lowest BCUT2D eigenvalue weighted by atomic mass is 9.95. The molecule has 0 spiro atoms. The first-order chi connectivity index (χ1) is 14.9. The lowest BCUT2D eigenvalue weighted by Gasteiger charge is -2.10. The van der Waals surface area contributed by atoms with Crippen LogP contribution in [0.4, 0.5) is 0 Å². The predicted molar refractivity (Wildman–Crippen MR) is 125 cm³/mol. The standard InChI is InChI=1S/C27H34O4/c1-5-21(4)22-10-12-23(13-11-22)24-14-16-25(17-15-24)27(29)31-19-9-7-6-8-18-30-26(28)20(2)3/h10-17,21H,2,5-9,18-19H2,1,3-4H3. The number of esters is 2. The van der Waals surface area contributed by atoms with Crippen molar-refractivity contribution in [3.63, 3.8) is 0 Å². The zero-order valence-corrected chi connectivity index (χ0v) is 19.0. The van der Waals surface area contributed by atoms with Crippen LogP contribution in [0.2, 0.25) is 0 Å². The number of hydrogen-bond acceptors (Lipinski definition) is 4. The monoisotopic (exact) mass is 422 g/mol. The van der Waals surface area contributed by atoms with Crippen molar-refractivity contribution in [2.75, 3.05) is 13.2 Å². The molecule has 0 aliphatic carbocycles. The third-order valence-electron chi connectivity index (χ3n) is 5.40. The maximum atomic E-state index is 12.2. The van der Waals surface area contributed by atoms with E-state index in [2.05, 4.69) is 44.7 Å². The van der Waals surface area contributed by atoms with Crippen LogP contribution in [0.3, 0.4) is 0 Å². The first-order valence-corrected chi connectivity index (χ1v) is 11.1. The van der Waals surface area contributed by atoms with Crippen molar-refractivity contribution >= 4 is 11.9 Å². The van der Waals surface area contributed by atoms with Gasteiger partial charge in [-0.05, 0) is 73.8 Å². The molecule has 2 aromatic rings. The van der Waals surface area contributed by atoms with Gasteiger partial charge in [0.2, 0.25) is 0 Å². The van der Waals surface area contributed by atoms with Gasteiger partial charge in [-0.15, -0.1) is 0 Å². The minimum absolute atomic E-state index is 0.297. The van der Waals surface area contributed by atoms with E-state index in [1.807, 2.05) is 24.3 Å². The molecule has 0 amide bonds. The van der Waals surface area contributed by atoms with E-state index in [4.69, 9.17) is 9.47 Å². The highest BCUT2D eigenvalue weighted by molar-refractivity contribution is 5.90. The molecule has 4 nitrogen and oxygen atoms in total. The first-order valence-electron chi connectivity index (χ1n) is 11.1. The van der Waals surface area contributed by atoms with Gasteiger partial charge in [0.05, 0.1) is 18.8 Å². The molecule has 2 aromatic carbocycles.